The Morgan fingerprint density at radius 3 is 2.27 bits per heavy atom. The summed E-state index contributed by atoms with van der Waals surface area (Å²) in [6.45, 7) is 3.85. The van der Waals surface area contributed by atoms with Crippen molar-refractivity contribution in [3.63, 3.8) is 0 Å². The molecule has 3 rings (SSSR count). The zero-order valence-corrected chi connectivity index (χ0v) is 14.2. The monoisotopic (exact) mass is 345 g/mol. The molecule has 4 heteroatoms. The minimum atomic E-state index is -1.08. The van der Waals surface area contributed by atoms with Gasteiger partial charge in [0.05, 0.1) is 0 Å². The third kappa shape index (κ3) is 3.98. The van der Waals surface area contributed by atoms with E-state index in [1.165, 1.54) is 0 Å². The number of carboxylic acid groups (broad SMARTS) is 1. The van der Waals surface area contributed by atoms with Crippen molar-refractivity contribution in [2.24, 2.45) is 0 Å². The highest BCUT2D eigenvalue weighted by atomic mass is 16.4. The maximum Gasteiger partial charge on any atom is 0.326 e. The summed E-state index contributed by atoms with van der Waals surface area (Å²) in [6, 6.07) is 21.6. The number of nitrogens with one attached hydrogen (secondary N) is 1. The van der Waals surface area contributed by atoms with E-state index >= 15 is 0 Å². The molecule has 0 heterocycles. The van der Waals surface area contributed by atoms with Crippen LogP contribution in [0.4, 0.5) is 0 Å². The first-order valence-corrected chi connectivity index (χ1v) is 8.30. The summed E-state index contributed by atoms with van der Waals surface area (Å²) in [5.74, 6) is -1.56. The van der Waals surface area contributed by atoms with Gasteiger partial charge in [0.2, 0.25) is 0 Å². The van der Waals surface area contributed by atoms with Gasteiger partial charge >= 0.3 is 5.97 Å². The molecule has 130 valence electrons. The lowest BCUT2D eigenvalue weighted by Crippen LogP contribution is -2.42. The third-order valence-corrected chi connectivity index (χ3v) is 4.26. The minimum Gasteiger partial charge on any atom is -0.480 e. The van der Waals surface area contributed by atoms with E-state index in [0.717, 1.165) is 16.3 Å². The van der Waals surface area contributed by atoms with Crippen LogP contribution >= 0.6 is 0 Å². The summed E-state index contributed by atoms with van der Waals surface area (Å²) in [4.78, 5) is 24.0. The molecule has 0 radical (unpaired) electrons. The molecule has 1 amide bonds. The average Bonchev–Trinajstić information content (AvgIpc) is 2.67. The van der Waals surface area contributed by atoms with E-state index < -0.39 is 17.9 Å². The molecule has 4 nitrogen and oxygen atoms in total. The fraction of sp³-hybridized carbons (Fsp3) is 0.0909. The van der Waals surface area contributed by atoms with Gasteiger partial charge in [-0.25, -0.2) is 4.79 Å². The van der Waals surface area contributed by atoms with Crippen molar-refractivity contribution in [1.29, 1.82) is 0 Å². The molecule has 0 saturated heterocycles. The van der Waals surface area contributed by atoms with Gasteiger partial charge in [0.1, 0.15) is 6.04 Å². The number of fused-ring (bicyclic) bond motifs is 1. The van der Waals surface area contributed by atoms with Gasteiger partial charge in [-0.2, -0.15) is 0 Å². The van der Waals surface area contributed by atoms with E-state index in [1.54, 1.807) is 0 Å². The second-order valence-corrected chi connectivity index (χ2v) is 6.09. The van der Waals surface area contributed by atoms with E-state index in [0.29, 0.717) is 5.56 Å². The molecule has 0 aliphatic carbocycles. The summed E-state index contributed by atoms with van der Waals surface area (Å²) in [7, 11) is 0. The van der Waals surface area contributed by atoms with Crippen LogP contribution in [0.15, 0.2) is 79.4 Å². The smallest absolute Gasteiger partial charge is 0.326 e. The van der Waals surface area contributed by atoms with Gasteiger partial charge in [-0.05, 0) is 28.0 Å². The highest BCUT2D eigenvalue weighted by molar-refractivity contribution is 6.19. The number of rotatable bonds is 6. The lowest BCUT2D eigenvalue weighted by atomic mass is 10.0. The molecule has 0 unspecified atom stereocenters. The van der Waals surface area contributed by atoms with E-state index in [4.69, 9.17) is 0 Å². The van der Waals surface area contributed by atoms with E-state index in [2.05, 4.69) is 11.9 Å². The Hall–Kier alpha value is -3.40. The van der Waals surface area contributed by atoms with E-state index in [9.17, 15) is 14.7 Å². The summed E-state index contributed by atoms with van der Waals surface area (Å²) in [6.07, 6.45) is 0.215. The topological polar surface area (TPSA) is 66.4 Å². The molecule has 0 aliphatic heterocycles. The number of carbonyl (C=O) groups is 2. The molecule has 2 N–H and O–H groups in total. The van der Waals surface area contributed by atoms with Crippen LogP contribution in [0.5, 0.6) is 0 Å². The van der Waals surface area contributed by atoms with Crippen molar-refractivity contribution in [3.05, 3.63) is 90.5 Å². The summed E-state index contributed by atoms with van der Waals surface area (Å²) in [5.41, 5.74) is 1.76. The normalized spacial score (nSPS) is 11.7. The van der Waals surface area contributed by atoms with Gasteiger partial charge in [-0.15, -0.1) is 0 Å². The number of carboxylic acids is 1. The predicted molar refractivity (Wildman–Crippen MR) is 103 cm³/mol. The van der Waals surface area contributed by atoms with Crippen LogP contribution in [0.1, 0.15) is 11.1 Å². The number of carbonyl (C=O) groups excluding carboxylic acids is 1. The molecule has 0 bridgehead atoms. The maximum atomic E-state index is 12.5. The first-order chi connectivity index (χ1) is 12.5. The second kappa shape index (κ2) is 7.66. The van der Waals surface area contributed by atoms with Crippen LogP contribution in [0.25, 0.3) is 16.3 Å². The fourth-order valence-corrected chi connectivity index (χ4v) is 2.80. The fourth-order valence-electron chi connectivity index (χ4n) is 2.80. The number of benzene rings is 3. The van der Waals surface area contributed by atoms with Crippen LogP contribution in [0, 0.1) is 0 Å². The Morgan fingerprint density at radius 1 is 0.923 bits per heavy atom. The molecule has 26 heavy (non-hydrogen) atoms. The minimum absolute atomic E-state index is 0.215. The molecule has 0 spiro atoms. The molecule has 0 aliphatic rings. The van der Waals surface area contributed by atoms with Crippen molar-refractivity contribution < 1.29 is 14.7 Å². The van der Waals surface area contributed by atoms with Crippen molar-refractivity contribution in [3.8, 4) is 0 Å². The largest absolute Gasteiger partial charge is 0.480 e. The molecule has 3 aromatic rings. The number of hydrogen-bond acceptors (Lipinski definition) is 2. The van der Waals surface area contributed by atoms with Crippen molar-refractivity contribution in [1.82, 2.24) is 5.32 Å². The summed E-state index contributed by atoms with van der Waals surface area (Å²) >= 11 is 0. The number of aliphatic carboxylic acids is 1. The molecule has 3 aromatic carbocycles. The Morgan fingerprint density at radius 2 is 1.58 bits per heavy atom. The zero-order valence-electron chi connectivity index (χ0n) is 14.2. The number of amides is 1. The molecule has 0 aromatic heterocycles. The van der Waals surface area contributed by atoms with E-state index in [-0.39, 0.29) is 12.0 Å². The van der Waals surface area contributed by atoms with Gasteiger partial charge in [-0.1, -0.05) is 73.3 Å². The van der Waals surface area contributed by atoms with Gasteiger partial charge in [0.25, 0.3) is 5.91 Å². The van der Waals surface area contributed by atoms with Crippen molar-refractivity contribution >= 4 is 28.2 Å². The third-order valence-electron chi connectivity index (χ3n) is 4.26. The van der Waals surface area contributed by atoms with Crippen LogP contribution < -0.4 is 5.32 Å². The van der Waals surface area contributed by atoms with Crippen molar-refractivity contribution in [2.75, 3.05) is 0 Å². The molecule has 0 saturated carbocycles. The highest BCUT2D eigenvalue weighted by Gasteiger charge is 2.22. The Bertz CT molecular complexity index is 963. The predicted octanol–water partition coefficient (Wildman–Crippen LogP) is 3.67. The number of hydrogen-bond donors (Lipinski definition) is 2. The maximum absolute atomic E-state index is 12.5. The van der Waals surface area contributed by atoms with Crippen LogP contribution in [-0.2, 0) is 16.0 Å². The van der Waals surface area contributed by atoms with Crippen molar-refractivity contribution in [2.45, 2.75) is 12.5 Å². The highest BCUT2D eigenvalue weighted by Crippen LogP contribution is 2.20. The molecular formula is C22H19NO3. The van der Waals surface area contributed by atoms with Gasteiger partial charge in [0.15, 0.2) is 0 Å². The van der Waals surface area contributed by atoms with E-state index in [1.807, 2.05) is 72.8 Å². The summed E-state index contributed by atoms with van der Waals surface area (Å²) < 4.78 is 0. The lowest BCUT2D eigenvalue weighted by molar-refractivity contribution is -0.141. The van der Waals surface area contributed by atoms with Gasteiger partial charge in [0, 0.05) is 12.0 Å². The zero-order chi connectivity index (χ0) is 18.5. The second-order valence-electron chi connectivity index (χ2n) is 6.09. The first kappa shape index (κ1) is 17.4. The van der Waals surface area contributed by atoms with Crippen LogP contribution in [0.3, 0.4) is 0 Å². The Balaban J connectivity index is 1.75. The molecule has 1 atom stereocenters. The Kier molecular flexibility index (Phi) is 5.13. The Labute approximate surface area is 151 Å². The lowest BCUT2D eigenvalue weighted by Gasteiger charge is -2.16. The standard InChI is InChI=1S/C22H19NO3/c1-15(18-12-11-17-9-5-6-10-19(17)14-18)21(24)23-20(22(25)26)13-16-7-3-2-4-8-16/h2-12,14,20H,1,13H2,(H,23,24)(H,25,26)/t20-/m0/s1. The van der Waals surface area contributed by atoms with Gasteiger partial charge in [-0.3, -0.25) is 4.79 Å². The molecular weight excluding hydrogens is 326 g/mol. The molecule has 0 fully saturated rings. The SMILES string of the molecule is C=C(C(=O)N[C@@H](Cc1ccccc1)C(=O)O)c1ccc2ccccc2c1. The quantitative estimate of drug-likeness (QED) is 0.670. The summed E-state index contributed by atoms with van der Waals surface area (Å²) in [5, 5.41) is 14.1. The van der Waals surface area contributed by atoms with Crippen LogP contribution in [0.2, 0.25) is 0 Å². The van der Waals surface area contributed by atoms with Crippen LogP contribution in [-0.4, -0.2) is 23.0 Å². The van der Waals surface area contributed by atoms with Gasteiger partial charge < -0.3 is 10.4 Å². The first-order valence-electron chi connectivity index (χ1n) is 8.30. The average molecular weight is 345 g/mol.